The first kappa shape index (κ1) is 18.5. The zero-order valence-electron chi connectivity index (χ0n) is 15.8. The van der Waals surface area contributed by atoms with Gasteiger partial charge in [0, 0.05) is 17.2 Å². The second-order valence-corrected chi connectivity index (χ2v) is 8.12. The minimum absolute atomic E-state index is 0.0105. The molecule has 3 N–H and O–H groups in total. The molecule has 0 aromatic heterocycles. The van der Waals surface area contributed by atoms with Gasteiger partial charge >= 0.3 is 6.03 Å². The van der Waals surface area contributed by atoms with E-state index in [1.807, 2.05) is 0 Å². The van der Waals surface area contributed by atoms with Gasteiger partial charge in [-0.25, -0.2) is 4.79 Å². The minimum Gasteiger partial charge on any atom is -0.326 e. The van der Waals surface area contributed by atoms with Gasteiger partial charge in [-0.1, -0.05) is 6.92 Å². The van der Waals surface area contributed by atoms with Crippen molar-refractivity contribution in [2.75, 3.05) is 5.32 Å². The Balaban J connectivity index is 1.39. The highest BCUT2D eigenvalue weighted by atomic mass is 16.2. The van der Waals surface area contributed by atoms with Crippen LogP contribution in [0.15, 0.2) is 24.3 Å². The Morgan fingerprint density at radius 2 is 1.71 bits per heavy atom. The molecule has 148 valence electrons. The molecule has 4 rings (SSSR count). The van der Waals surface area contributed by atoms with E-state index < -0.39 is 23.4 Å². The molecule has 0 radical (unpaired) electrons. The van der Waals surface area contributed by atoms with E-state index in [-0.39, 0.29) is 11.8 Å². The first-order chi connectivity index (χ1) is 13.4. The van der Waals surface area contributed by atoms with E-state index >= 15 is 0 Å². The molecule has 2 aliphatic carbocycles. The monoisotopic (exact) mass is 384 g/mol. The summed E-state index contributed by atoms with van der Waals surface area (Å²) in [5.41, 5.74) is 2.42. The van der Waals surface area contributed by atoms with Gasteiger partial charge in [0.1, 0.15) is 5.54 Å². The van der Waals surface area contributed by atoms with Crippen LogP contribution in [0.25, 0.3) is 0 Å². The topological polar surface area (TPSA) is 108 Å². The number of hydrogen-bond donors (Lipinski definition) is 3. The van der Waals surface area contributed by atoms with E-state index in [0.29, 0.717) is 30.0 Å². The van der Waals surface area contributed by atoms with Crippen LogP contribution in [0.1, 0.15) is 55.8 Å². The van der Waals surface area contributed by atoms with E-state index in [9.17, 15) is 19.2 Å². The molecule has 1 aromatic rings. The normalized spacial score (nSPS) is 26.9. The number of carbonyl (C=O) groups is 4. The van der Waals surface area contributed by atoms with Gasteiger partial charge in [0.2, 0.25) is 5.91 Å². The van der Waals surface area contributed by atoms with Gasteiger partial charge in [0.05, 0.1) is 0 Å². The predicted octanol–water partition coefficient (Wildman–Crippen LogP) is 2.18. The highest BCUT2D eigenvalue weighted by Gasteiger charge is 2.52. The van der Waals surface area contributed by atoms with Crippen LogP contribution in [0.4, 0.5) is 10.5 Å². The van der Waals surface area contributed by atoms with Crippen molar-refractivity contribution in [3.05, 3.63) is 29.8 Å². The van der Waals surface area contributed by atoms with Crippen LogP contribution in [0, 0.1) is 11.8 Å². The Morgan fingerprint density at radius 1 is 1.07 bits per heavy atom. The fraction of sp³-hybridized carbons (Fsp3) is 0.500. The second-order valence-electron chi connectivity index (χ2n) is 8.12. The maximum Gasteiger partial charge on any atom is 0.344 e. The third kappa shape index (κ3) is 3.46. The predicted molar refractivity (Wildman–Crippen MR) is 101 cm³/mol. The van der Waals surface area contributed by atoms with Crippen molar-refractivity contribution in [1.29, 1.82) is 0 Å². The lowest BCUT2D eigenvalue weighted by Crippen LogP contribution is -2.51. The van der Waals surface area contributed by atoms with Gasteiger partial charge in [-0.2, -0.15) is 5.01 Å². The summed E-state index contributed by atoms with van der Waals surface area (Å²) in [5.74, 6) is -0.338. The lowest BCUT2D eigenvalue weighted by Gasteiger charge is -2.33. The summed E-state index contributed by atoms with van der Waals surface area (Å²) in [6, 6.07) is 5.76. The number of rotatable bonds is 4. The van der Waals surface area contributed by atoms with Gasteiger partial charge in [-0.05, 0) is 68.7 Å². The molecule has 1 spiro atoms. The Morgan fingerprint density at radius 3 is 2.32 bits per heavy atom. The Labute approximate surface area is 163 Å². The van der Waals surface area contributed by atoms with Gasteiger partial charge in [-0.15, -0.1) is 0 Å². The van der Waals surface area contributed by atoms with Crippen molar-refractivity contribution in [1.82, 2.24) is 15.8 Å². The van der Waals surface area contributed by atoms with Gasteiger partial charge in [0.15, 0.2) is 0 Å². The number of benzene rings is 1. The number of hydrogen-bond acceptors (Lipinski definition) is 4. The minimum atomic E-state index is -0.895. The van der Waals surface area contributed by atoms with Gasteiger partial charge in [-0.3, -0.25) is 19.8 Å². The highest BCUT2D eigenvalue weighted by molar-refractivity contribution is 6.09. The van der Waals surface area contributed by atoms with E-state index in [1.165, 1.54) is 0 Å². The molecular weight excluding hydrogens is 360 g/mol. The molecule has 28 heavy (non-hydrogen) atoms. The maximum absolute atomic E-state index is 12.8. The van der Waals surface area contributed by atoms with Crippen LogP contribution in [-0.4, -0.2) is 34.3 Å². The zero-order valence-corrected chi connectivity index (χ0v) is 15.8. The van der Waals surface area contributed by atoms with Crippen LogP contribution in [-0.2, 0) is 9.59 Å². The van der Waals surface area contributed by atoms with Crippen LogP contribution in [0.5, 0.6) is 0 Å². The lowest BCUT2D eigenvalue weighted by atomic mass is 9.77. The summed E-state index contributed by atoms with van der Waals surface area (Å²) >= 11 is 0. The third-order valence-electron chi connectivity index (χ3n) is 5.87. The van der Waals surface area contributed by atoms with Crippen molar-refractivity contribution in [3.63, 3.8) is 0 Å². The quantitative estimate of drug-likeness (QED) is 0.692. The fourth-order valence-electron chi connectivity index (χ4n) is 3.78. The number of hydrazine groups is 1. The summed E-state index contributed by atoms with van der Waals surface area (Å²) in [6.07, 6.45) is 4.72. The van der Waals surface area contributed by atoms with Crippen molar-refractivity contribution in [2.24, 2.45) is 11.8 Å². The standard InChI is InChI=1S/C20H24N4O4/c1-12-8-10-20(11-9-12)18(27)24(19(28)22-20)23-17(26)14-4-6-15(7-5-14)21-16(25)13-2-3-13/h4-7,12-13H,2-3,8-11H2,1H3,(H,21,25)(H,22,28)(H,23,26). The molecule has 1 saturated heterocycles. The zero-order chi connectivity index (χ0) is 19.9. The smallest absolute Gasteiger partial charge is 0.326 e. The molecule has 1 heterocycles. The molecule has 1 aromatic carbocycles. The van der Waals surface area contributed by atoms with Gasteiger partial charge < -0.3 is 10.6 Å². The average Bonchev–Trinajstić information content (AvgIpc) is 3.50. The molecule has 8 heteroatoms. The molecule has 1 aliphatic heterocycles. The Bertz CT molecular complexity index is 823. The van der Waals surface area contributed by atoms with E-state index in [4.69, 9.17) is 0 Å². The number of imide groups is 1. The number of carbonyl (C=O) groups excluding carboxylic acids is 4. The van der Waals surface area contributed by atoms with E-state index in [0.717, 1.165) is 30.7 Å². The molecular formula is C20H24N4O4. The summed E-state index contributed by atoms with van der Waals surface area (Å²) in [7, 11) is 0. The number of nitrogens with zero attached hydrogens (tertiary/aromatic N) is 1. The first-order valence-corrected chi connectivity index (χ1v) is 9.76. The van der Waals surface area contributed by atoms with Crippen LogP contribution >= 0.6 is 0 Å². The summed E-state index contributed by atoms with van der Waals surface area (Å²) < 4.78 is 0. The highest BCUT2D eigenvalue weighted by Crippen LogP contribution is 2.36. The largest absolute Gasteiger partial charge is 0.344 e. The molecule has 0 unspecified atom stereocenters. The summed E-state index contributed by atoms with van der Waals surface area (Å²) in [6.45, 7) is 2.13. The molecule has 5 amide bonds. The number of amides is 5. The SMILES string of the molecule is CC1CCC2(CC1)NC(=O)N(NC(=O)c1ccc(NC(=O)C3CC3)cc1)C2=O. The number of nitrogens with one attached hydrogen (secondary N) is 3. The van der Waals surface area contributed by atoms with Crippen LogP contribution < -0.4 is 16.1 Å². The average molecular weight is 384 g/mol. The van der Waals surface area contributed by atoms with Crippen LogP contribution in [0.3, 0.4) is 0 Å². The van der Waals surface area contributed by atoms with E-state index in [1.54, 1.807) is 24.3 Å². The summed E-state index contributed by atoms with van der Waals surface area (Å²) in [4.78, 5) is 49.4. The number of urea groups is 1. The fourth-order valence-corrected chi connectivity index (χ4v) is 3.78. The van der Waals surface area contributed by atoms with Crippen molar-refractivity contribution in [2.45, 2.75) is 51.0 Å². The third-order valence-corrected chi connectivity index (χ3v) is 5.87. The molecule has 3 aliphatic rings. The molecule has 0 bridgehead atoms. The van der Waals surface area contributed by atoms with Crippen molar-refractivity contribution < 1.29 is 19.2 Å². The first-order valence-electron chi connectivity index (χ1n) is 9.76. The van der Waals surface area contributed by atoms with E-state index in [2.05, 4.69) is 23.0 Å². The Kier molecular flexibility index (Phi) is 4.56. The molecule has 2 saturated carbocycles. The van der Waals surface area contributed by atoms with Crippen molar-refractivity contribution in [3.8, 4) is 0 Å². The van der Waals surface area contributed by atoms with Crippen LogP contribution in [0.2, 0.25) is 0 Å². The second kappa shape index (κ2) is 6.92. The maximum atomic E-state index is 12.8. The number of anilines is 1. The lowest BCUT2D eigenvalue weighted by molar-refractivity contribution is -0.134. The van der Waals surface area contributed by atoms with Crippen molar-refractivity contribution >= 4 is 29.4 Å². The molecule has 0 atom stereocenters. The molecule has 3 fully saturated rings. The summed E-state index contributed by atoms with van der Waals surface area (Å²) in [5, 5.41) is 6.36. The Hall–Kier alpha value is -2.90. The molecule has 8 nitrogen and oxygen atoms in total. The van der Waals surface area contributed by atoms with Gasteiger partial charge in [0.25, 0.3) is 11.8 Å².